The van der Waals surface area contributed by atoms with Crippen molar-refractivity contribution in [3.05, 3.63) is 35.1 Å². The Bertz CT molecular complexity index is 559. The molecule has 1 aliphatic rings. The van der Waals surface area contributed by atoms with Gasteiger partial charge in [-0.3, -0.25) is 4.79 Å². The second-order valence-corrected chi connectivity index (χ2v) is 5.61. The fourth-order valence-electron chi connectivity index (χ4n) is 2.90. The fourth-order valence-corrected chi connectivity index (χ4v) is 2.90. The van der Waals surface area contributed by atoms with E-state index in [0.29, 0.717) is 18.7 Å². The van der Waals surface area contributed by atoms with Gasteiger partial charge in [0, 0.05) is 24.7 Å². The van der Waals surface area contributed by atoms with Crippen LogP contribution in [0.15, 0.2) is 18.2 Å². The summed E-state index contributed by atoms with van der Waals surface area (Å²) in [5.74, 6) is -1.73. The molecule has 0 aromatic heterocycles. The normalized spacial score (nSPS) is 22.7. The van der Waals surface area contributed by atoms with Crippen molar-refractivity contribution in [2.75, 3.05) is 13.1 Å². The highest BCUT2D eigenvalue weighted by atomic mass is 19.4. The van der Waals surface area contributed by atoms with Crippen LogP contribution >= 0.6 is 0 Å². The molecule has 0 saturated carbocycles. The zero-order valence-corrected chi connectivity index (χ0v) is 12.2. The van der Waals surface area contributed by atoms with E-state index in [1.54, 1.807) is 0 Å². The molecule has 2 atom stereocenters. The summed E-state index contributed by atoms with van der Waals surface area (Å²) in [6.45, 7) is 2.66. The van der Waals surface area contributed by atoms with Crippen LogP contribution in [0.5, 0.6) is 0 Å². The molecular formula is C15H18F4N2O. The summed E-state index contributed by atoms with van der Waals surface area (Å²) in [6, 6.07) is 2.13. The van der Waals surface area contributed by atoms with E-state index in [1.165, 1.54) is 4.90 Å². The molecule has 1 aliphatic heterocycles. The molecule has 0 bridgehead atoms. The Morgan fingerprint density at radius 2 is 2.09 bits per heavy atom. The van der Waals surface area contributed by atoms with Crippen LogP contribution in [0, 0.1) is 11.7 Å². The van der Waals surface area contributed by atoms with Crippen LogP contribution in [0.4, 0.5) is 17.6 Å². The minimum atomic E-state index is -4.83. The average Bonchev–Trinajstić information content (AvgIpc) is 2.45. The van der Waals surface area contributed by atoms with Gasteiger partial charge >= 0.3 is 6.18 Å². The Morgan fingerprint density at radius 3 is 2.68 bits per heavy atom. The molecule has 22 heavy (non-hydrogen) atoms. The van der Waals surface area contributed by atoms with E-state index < -0.39 is 23.5 Å². The zero-order valence-electron chi connectivity index (χ0n) is 12.2. The number of amides is 1. The molecule has 0 aliphatic carbocycles. The van der Waals surface area contributed by atoms with Crippen LogP contribution in [0.25, 0.3) is 0 Å². The SMILES string of the molecule is CC1CCCN(C(=O)c2ccc(F)c(C(F)(F)F)c2)C1CN. The number of carbonyl (C=O) groups excluding carboxylic acids is 1. The number of hydrogen-bond acceptors (Lipinski definition) is 2. The Balaban J connectivity index is 2.33. The molecule has 3 nitrogen and oxygen atoms in total. The monoisotopic (exact) mass is 318 g/mol. The highest BCUT2D eigenvalue weighted by molar-refractivity contribution is 5.94. The Kier molecular flexibility index (Phi) is 4.75. The van der Waals surface area contributed by atoms with Crippen molar-refractivity contribution in [2.24, 2.45) is 11.7 Å². The third kappa shape index (κ3) is 3.24. The summed E-state index contributed by atoms with van der Waals surface area (Å²) in [5, 5.41) is 0. The number of benzene rings is 1. The number of alkyl halides is 3. The van der Waals surface area contributed by atoms with Gasteiger partial charge in [-0.05, 0) is 37.0 Å². The number of nitrogens with two attached hydrogens (primary N) is 1. The molecular weight excluding hydrogens is 300 g/mol. The minimum Gasteiger partial charge on any atom is -0.334 e. The standard InChI is InChI=1S/C15H18F4N2O/c1-9-3-2-6-21(13(9)8-20)14(22)10-4-5-12(16)11(7-10)15(17,18)19/h4-5,7,9,13H,2-3,6,8,20H2,1H3. The van der Waals surface area contributed by atoms with Crippen LogP contribution < -0.4 is 5.73 Å². The van der Waals surface area contributed by atoms with E-state index in [9.17, 15) is 22.4 Å². The number of carbonyl (C=O) groups is 1. The van der Waals surface area contributed by atoms with E-state index in [4.69, 9.17) is 5.73 Å². The predicted octanol–water partition coefficient (Wildman–Crippen LogP) is 3.04. The highest BCUT2D eigenvalue weighted by Gasteiger charge is 2.36. The van der Waals surface area contributed by atoms with E-state index in [-0.39, 0.29) is 24.1 Å². The fraction of sp³-hybridized carbons (Fsp3) is 0.533. The summed E-state index contributed by atoms with van der Waals surface area (Å²) >= 11 is 0. The van der Waals surface area contributed by atoms with Crippen molar-refractivity contribution in [1.29, 1.82) is 0 Å². The van der Waals surface area contributed by atoms with Crippen LogP contribution in [-0.4, -0.2) is 29.9 Å². The summed E-state index contributed by atoms with van der Waals surface area (Å²) in [7, 11) is 0. The molecule has 122 valence electrons. The van der Waals surface area contributed by atoms with E-state index in [1.807, 2.05) is 6.92 Å². The van der Waals surface area contributed by atoms with Gasteiger partial charge in [-0.15, -0.1) is 0 Å². The average molecular weight is 318 g/mol. The third-order valence-electron chi connectivity index (χ3n) is 4.14. The highest BCUT2D eigenvalue weighted by Crippen LogP contribution is 2.32. The van der Waals surface area contributed by atoms with Gasteiger partial charge in [-0.2, -0.15) is 13.2 Å². The smallest absolute Gasteiger partial charge is 0.334 e. The Labute approximate surface area is 126 Å². The molecule has 1 saturated heterocycles. The quantitative estimate of drug-likeness (QED) is 0.852. The third-order valence-corrected chi connectivity index (χ3v) is 4.14. The van der Waals surface area contributed by atoms with Crippen molar-refractivity contribution in [3.8, 4) is 0 Å². The number of hydrogen-bond donors (Lipinski definition) is 1. The summed E-state index contributed by atoms with van der Waals surface area (Å²) < 4.78 is 51.6. The van der Waals surface area contributed by atoms with Crippen molar-refractivity contribution < 1.29 is 22.4 Å². The van der Waals surface area contributed by atoms with Crippen LogP contribution in [0.1, 0.15) is 35.7 Å². The van der Waals surface area contributed by atoms with E-state index in [2.05, 4.69) is 0 Å². The Morgan fingerprint density at radius 1 is 1.41 bits per heavy atom. The zero-order chi connectivity index (χ0) is 16.5. The van der Waals surface area contributed by atoms with Gasteiger partial charge in [-0.1, -0.05) is 6.92 Å². The topological polar surface area (TPSA) is 46.3 Å². The van der Waals surface area contributed by atoms with Gasteiger partial charge in [0.2, 0.25) is 0 Å². The number of halogens is 4. The minimum absolute atomic E-state index is 0.165. The molecule has 1 aromatic carbocycles. The Hall–Kier alpha value is -1.63. The predicted molar refractivity (Wildman–Crippen MR) is 73.7 cm³/mol. The number of piperidine rings is 1. The number of rotatable bonds is 2. The number of likely N-dealkylation sites (tertiary alicyclic amines) is 1. The second kappa shape index (κ2) is 6.24. The molecule has 2 unspecified atom stereocenters. The largest absolute Gasteiger partial charge is 0.419 e. The van der Waals surface area contributed by atoms with Gasteiger partial charge in [0.05, 0.1) is 5.56 Å². The second-order valence-electron chi connectivity index (χ2n) is 5.61. The molecule has 1 aromatic rings. The first-order chi connectivity index (χ1) is 10.3. The molecule has 1 fully saturated rings. The lowest BCUT2D eigenvalue weighted by Gasteiger charge is -2.39. The molecule has 7 heteroatoms. The first-order valence-electron chi connectivity index (χ1n) is 7.13. The molecule has 1 heterocycles. The lowest BCUT2D eigenvalue weighted by molar-refractivity contribution is -0.140. The molecule has 0 radical (unpaired) electrons. The van der Waals surface area contributed by atoms with Crippen LogP contribution in [0.3, 0.4) is 0 Å². The summed E-state index contributed by atoms with van der Waals surface area (Å²) in [6.07, 6.45) is -3.14. The summed E-state index contributed by atoms with van der Waals surface area (Å²) in [5.41, 5.74) is 4.10. The van der Waals surface area contributed by atoms with Crippen molar-refractivity contribution in [2.45, 2.75) is 32.0 Å². The van der Waals surface area contributed by atoms with Gasteiger partial charge in [-0.25, -0.2) is 4.39 Å². The molecule has 2 rings (SSSR count). The maximum atomic E-state index is 13.3. The van der Waals surface area contributed by atoms with Crippen LogP contribution in [-0.2, 0) is 6.18 Å². The molecule has 1 amide bonds. The lowest BCUT2D eigenvalue weighted by atomic mass is 9.90. The van der Waals surface area contributed by atoms with Crippen molar-refractivity contribution in [1.82, 2.24) is 4.90 Å². The van der Waals surface area contributed by atoms with Crippen molar-refractivity contribution >= 4 is 5.91 Å². The first kappa shape index (κ1) is 16.7. The van der Waals surface area contributed by atoms with Gasteiger partial charge in [0.15, 0.2) is 0 Å². The van der Waals surface area contributed by atoms with Gasteiger partial charge < -0.3 is 10.6 Å². The first-order valence-corrected chi connectivity index (χ1v) is 7.13. The molecule has 0 spiro atoms. The van der Waals surface area contributed by atoms with Gasteiger partial charge in [0.25, 0.3) is 5.91 Å². The maximum Gasteiger partial charge on any atom is 0.419 e. The summed E-state index contributed by atoms with van der Waals surface area (Å²) in [4.78, 5) is 14.0. The molecule has 2 N–H and O–H groups in total. The van der Waals surface area contributed by atoms with Crippen molar-refractivity contribution in [3.63, 3.8) is 0 Å². The number of nitrogens with zero attached hydrogens (tertiary/aromatic N) is 1. The van der Waals surface area contributed by atoms with Crippen LogP contribution in [0.2, 0.25) is 0 Å². The lowest BCUT2D eigenvalue weighted by Crippen LogP contribution is -2.51. The van der Waals surface area contributed by atoms with E-state index in [0.717, 1.165) is 18.9 Å². The van der Waals surface area contributed by atoms with E-state index >= 15 is 0 Å². The maximum absolute atomic E-state index is 13.3. The van der Waals surface area contributed by atoms with Gasteiger partial charge in [0.1, 0.15) is 5.82 Å².